The van der Waals surface area contributed by atoms with E-state index in [4.69, 9.17) is 4.74 Å². The van der Waals surface area contributed by atoms with Gasteiger partial charge in [-0.25, -0.2) is 0 Å². The maximum atomic E-state index is 12.2. The van der Waals surface area contributed by atoms with Crippen molar-refractivity contribution in [3.05, 3.63) is 0 Å². The monoisotopic (exact) mass is 602 g/mol. The topological polar surface area (TPSA) is 213 Å². The van der Waals surface area contributed by atoms with Gasteiger partial charge < -0.3 is 30.3 Å². The van der Waals surface area contributed by atoms with Crippen molar-refractivity contribution in [1.29, 1.82) is 0 Å². The SMILES string of the molecule is CCCC(CCC(CCC(CCC(CCC(CCC(CCC)C(=O)OCC)C(=O)O)C(=O)O)C(=O)O)C(=O)O)C(=O)O. The Morgan fingerprint density at radius 3 is 0.833 bits per heavy atom. The molecule has 0 bridgehead atoms. The molecule has 0 amide bonds. The van der Waals surface area contributed by atoms with Crippen LogP contribution in [0.25, 0.3) is 0 Å². The molecular weight excluding hydrogens is 552 g/mol. The van der Waals surface area contributed by atoms with E-state index in [2.05, 4.69) is 0 Å². The van der Waals surface area contributed by atoms with Crippen molar-refractivity contribution >= 4 is 35.8 Å². The summed E-state index contributed by atoms with van der Waals surface area (Å²) in [5.41, 5.74) is 0. The van der Waals surface area contributed by atoms with E-state index < -0.39 is 65.4 Å². The van der Waals surface area contributed by atoms with E-state index in [9.17, 15) is 54.3 Å². The van der Waals surface area contributed by atoms with E-state index in [0.717, 1.165) is 6.42 Å². The summed E-state index contributed by atoms with van der Waals surface area (Å²) in [6.45, 7) is 5.66. The van der Waals surface area contributed by atoms with Crippen molar-refractivity contribution in [2.75, 3.05) is 6.61 Å². The third-order valence-electron chi connectivity index (χ3n) is 7.96. The lowest BCUT2D eigenvalue weighted by atomic mass is 9.84. The van der Waals surface area contributed by atoms with Crippen LogP contribution in [0.1, 0.15) is 111 Å². The van der Waals surface area contributed by atoms with Gasteiger partial charge in [-0.1, -0.05) is 26.7 Å². The van der Waals surface area contributed by atoms with E-state index in [1.807, 2.05) is 13.8 Å². The minimum absolute atomic E-state index is 0.00537. The Kier molecular flexibility index (Phi) is 19.9. The Morgan fingerprint density at radius 2 is 0.619 bits per heavy atom. The highest BCUT2D eigenvalue weighted by molar-refractivity contribution is 5.74. The van der Waals surface area contributed by atoms with Crippen LogP contribution in [0.2, 0.25) is 0 Å². The van der Waals surface area contributed by atoms with Crippen LogP contribution < -0.4 is 0 Å². The molecule has 6 atom stereocenters. The van der Waals surface area contributed by atoms with Gasteiger partial charge in [0.2, 0.25) is 0 Å². The van der Waals surface area contributed by atoms with E-state index in [-0.39, 0.29) is 70.4 Å². The molecule has 0 rings (SSSR count). The fourth-order valence-corrected chi connectivity index (χ4v) is 5.31. The van der Waals surface area contributed by atoms with Gasteiger partial charge in [-0.05, 0) is 84.0 Å². The third-order valence-corrected chi connectivity index (χ3v) is 7.96. The molecule has 0 aliphatic rings. The number of hydrogen-bond acceptors (Lipinski definition) is 7. The van der Waals surface area contributed by atoms with Crippen molar-refractivity contribution < 1.29 is 59.0 Å². The molecule has 42 heavy (non-hydrogen) atoms. The predicted molar refractivity (Wildman–Crippen MR) is 152 cm³/mol. The molecule has 0 aromatic carbocycles. The average molecular weight is 603 g/mol. The van der Waals surface area contributed by atoms with Crippen LogP contribution in [0.15, 0.2) is 0 Å². The number of rotatable bonds is 26. The Labute approximate surface area is 247 Å². The fourth-order valence-electron chi connectivity index (χ4n) is 5.31. The number of ether oxygens (including phenoxy) is 1. The molecule has 0 aliphatic heterocycles. The first-order valence-electron chi connectivity index (χ1n) is 15.1. The van der Waals surface area contributed by atoms with Crippen molar-refractivity contribution in [2.24, 2.45) is 35.5 Å². The van der Waals surface area contributed by atoms with Crippen LogP contribution in [-0.4, -0.2) is 68.0 Å². The third kappa shape index (κ3) is 15.7. The first kappa shape index (κ1) is 38.8. The van der Waals surface area contributed by atoms with Gasteiger partial charge in [0.1, 0.15) is 0 Å². The van der Waals surface area contributed by atoms with Crippen LogP contribution in [0.3, 0.4) is 0 Å². The lowest BCUT2D eigenvalue weighted by Gasteiger charge is -2.21. The predicted octanol–water partition coefficient (Wildman–Crippen LogP) is 5.17. The van der Waals surface area contributed by atoms with Crippen LogP contribution in [-0.2, 0) is 33.5 Å². The van der Waals surface area contributed by atoms with Crippen LogP contribution in [0.5, 0.6) is 0 Å². The summed E-state index contributed by atoms with van der Waals surface area (Å²) in [5.74, 6) is -10.8. The highest BCUT2D eigenvalue weighted by Crippen LogP contribution is 2.29. The zero-order valence-electron chi connectivity index (χ0n) is 25.2. The molecule has 0 heterocycles. The number of carboxylic acid groups (broad SMARTS) is 5. The first-order valence-corrected chi connectivity index (χ1v) is 15.1. The standard InChI is InChI=1S/C30H50O12/c1-4-7-19(25(31)32)9-10-20(26(33)34)11-12-21(27(35)36)13-14-22(28(37)38)15-16-23(29(39)40)17-18-24(8-5-2)30(41)42-6-3/h19-24H,4-18H2,1-3H3,(H,31,32)(H,33,34)(H,35,36)(H,37,38)(H,39,40). The second kappa shape index (κ2) is 21.5. The van der Waals surface area contributed by atoms with Crippen molar-refractivity contribution in [1.82, 2.24) is 0 Å². The van der Waals surface area contributed by atoms with Crippen LogP contribution in [0, 0.1) is 35.5 Å². The Hall–Kier alpha value is -3.18. The van der Waals surface area contributed by atoms with Gasteiger partial charge in [-0.3, -0.25) is 28.8 Å². The number of carboxylic acids is 5. The van der Waals surface area contributed by atoms with Gasteiger partial charge >= 0.3 is 35.8 Å². The number of carbonyl (C=O) groups is 6. The van der Waals surface area contributed by atoms with Gasteiger partial charge in [0.25, 0.3) is 0 Å². The number of esters is 1. The molecule has 12 nitrogen and oxygen atoms in total. The molecule has 0 aromatic rings. The quantitative estimate of drug-likeness (QED) is 0.0811. The first-order chi connectivity index (χ1) is 19.8. The molecule has 0 saturated heterocycles. The van der Waals surface area contributed by atoms with Gasteiger partial charge in [0.05, 0.1) is 42.1 Å². The minimum Gasteiger partial charge on any atom is -0.481 e. The molecule has 0 fully saturated rings. The molecule has 5 N–H and O–H groups in total. The molecule has 0 spiro atoms. The molecule has 0 saturated carbocycles. The summed E-state index contributed by atoms with van der Waals surface area (Å²) < 4.78 is 5.08. The average Bonchev–Trinajstić information content (AvgIpc) is 2.90. The molecule has 12 heteroatoms. The second-order valence-corrected chi connectivity index (χ2v) is 11.1. The van der Waals surface area contributed by atoms with Crippen molar-refractivity contribution in [2.45, 2.75) is 111 Å². The van der Waals surface area contributed by atoms with Crippen LogP contribution >= 0.6 is 0 Å². The van der Waals surface area contributed by atoms with E-state index in [1.54, 1.807) is 6.92 Å². The highest BCUT2D eigenvalue weighted by Gasteiger charge is 2.29. The maximum Gasteiger partial charge on any atom is 0.308 e. The summed E-state index contributed by atoms with van der Waals surface area (Å²) in [6, 6.07) is 0. The molecule has 0 aliphatic carbocycles. The van der Waals surface area contributed by atoms with E-state index in [0.29, 0.717) is 25.7 Å². The lowest BCUT2D eigenvalue weighted by Crippen LogP contribution is -2.24. The Morgan fingerprint density at radius 1 is 0.405 bits per heavy atom. The largest absolute Gasteiger partial charge is 0.481 e. The zero-order valence-corrected chi connectivity index (χ0v) is 25.2. The lowest BCUT2D eigenvalue weighted by molar-refractivity contribution is -0.150. The molecule has 242 valence electrons. The second-order valence-electron chi connectivity index (χ2n) is 11.1. The molecular formula is C30H50O12. The van der Waals surface area contributed by atoms with Gasteiger partial charge in [0, 0.05) is 0 Å². The van der Waals surface area contributed by atoms with Gasteiger partial charge in [-0.15, -0.1) is 0 Å². The van der Waals surface area contributed by atoms with Crippen molar-refractivity contribution in [3.8, 4) is 0 Å². The normalized spacial score (nSPS) is 15.5. The summed E-state index contributed by atoms with van der Waals surface area (Å²) in [4.78, 5) is 70.9. The van der Waals surface area contributed by atoms with Crippen LogP contribution in [0.4, 0.5) is 0 Å². The summed E-state index contributed by atoms with van der Waals surface area (Å²) in [7, 11) is 0. The maximum absolute atomic E-state index is 12.2. The summed E-state index contributed by atoms with van der Waals surface area (Å²) in [6.07, 6.45) is 3.13. The summed E-state index contributed by atoms with van der Waals surface area (Å²) >= 11 is 0. The van der Waals surface area contributed by atoms with Gasteiger partial charge in [0.15, 0.2) is 0 Å². The van der Waals surface area contributed by atoms with E-state index >= 15 is 0 Å². The number of aliphatic carboxylic acids is 5. The minimum atomic E-state index is -1.18. The molecule has 0 aromatic heterocycles. The molecule has 0 radical (unpaired) electrons. The highest BCUT2D eigenvalue weighted by atomic mass is 16.5. The van der Waals surface area contributed by atoms with E-state index in [1.165, 1.54) is 0 Å². The number of hydrogen-bond donors (Lipinski definition) is 5. The smallest absolute Gasteiger partial charge is 0.308 e. The molecule has 6 unspecified atom stereocenters. The summed E-state index contributed by atoms with van der Waals surface area (Å²) in [5, 5.41) is 48.0. The Bertz CT molecular complexity index is 870. The fraction of sp³-hybridized carbons (Fsp3) is 0.800. The Balaban J connectivity index is 5.16. The van der Waals surface area contributed by atoms with Crippen molar-refractivity contribution in [3.63, 3.8) is 0 Å². The zero-order chi connectivity index (χ0) is 32.2. The van der Waals surface area contributed by atoms with Gasteiger partial charge in [-0.2, -0.15) is 0 Å². The number of carbonyl (C=O) groups excluding carboxylic acids is 1.